The predicted octanol–water partition coefficient (Wildman–Crippen LogP) is 2.52. The molecule has 0 saturated carbocycles. The third-order valence-electron chi connectivity index (χ3n) is 2.23. The number of fused-ring (bicyclic) bond motifs is 1. The van der Waals surface area contributed by atoms with Crippen molar-refractivity contribution < 1.29 is 0 Å². The van der Waals surface area contributed by atoms with Gasteiger partial charge in [-0.25, -0.2) is 0 Å². The Morgan fingerprint density at radius 2 is 2.42 bits per heavy atom. The molecule has 0 aromatic heterocycles. The number of para-hydroxylation sites is 1. The SMILES string of the molecule is CSCc1cccc2c1NCC2. The lowest BCUT2D eigenvalue weighted by Crippen LogP contribution is -1.94. The van der Waals surface area contributed by atoms with E-state index >= 15 is 0 Å². The highest BCUT2D eigenvalue weighted by atomic mass is 32.2. The molecule has 1 aliphatic rings. The van der Waals surface area contributed by atoms with Crippen molar-refractivity contribution in [1.29, 1.82) is 0 Å². The van der Waals surface area contributed by atoms with Gasteiger partial charge < -0.3 is 5.32 Å². The molecule has 1 nitrogen and oxygen atoms in total. The Labute approximate surface area is 77.6 Å². The maximum Gasteiger partial charge on any atom is 0.0414 e. The molecule has 0 bridgehead atoms. The Hall–Kier alpha value is -0.630. The summed E-state index contributed by atoms with van der Waals surface area (Å²) in [5, 5.41) is 3.44. The van der Waals surface area contributed by atoms with Gasteiger partial charge in [-0.2, -0.15) is 11.8 Å². The summed E-state index contributed by atoms with van der Waals surface area (Å²) in [6.45, 7) is 1.11. The van der Waals surface area contributed by atoms with Crippen LogP contribution in [0.25, 0.3) is 0 Å². The van der Waals surface area contributed by atoms with Gasteiger partial charge in [0.1, 0.15) is 0 Å². The van der Waals surface area contributed by atoms with Gasteiger partial charge >= 0.3 is 0 Å². The molecule has 2 rings (SSSR count). The van der Waals surface area contributed by atoms with Crippen LogP contribution in [0.15, 0.2) is 18.2 Å². The normalized spacial score (nSPS) is 14.1. The van der Waals surface area contributed by atoms with Crippen molar-refractivity contribution in [3.05, 3.63) is 29.3 Å². The highest BCUT2D eigenvalue weighted by molar-refractivity contribution is 7.97. The smallest absolute Gasteiger partial charge is 0.0414 e. The van der Waals surface area contributed by atoms with E-state index in [9.17, 15) is 0 Å². The Bertz CT molecular complexity index is 283. The predicted molar refractivity (Wildman–Crippen MR) is 55.9 cm³/mol. The van der Waals surface area contributed by atoms with E-state index in [1.54, 1.807) is 0 Å². The van der Waals surface area contributed by atoms with E-state index in [2.05, 4.69) is 29.8 Å². The van der Waals surface area contributed by atoms with Crippen molar-refractivity contribution >= 4 is 17.4 Å². The highest BCUT2D eigenvalue weighted by Crippen LogP contribution is 2.28. The van der Waals surface area contributed by atoms with Crippen LogP contribution >= 0.6 is 11.8 Å². The number of rotatable bonds is 2. The molecular formula is C10H13NS. The maximum absolute atomic E-state index is 3.44. The molecule has 0 spiro atoms. The summed E-state index contributed by atoms with van der Waals surface area (Å²) < 4.78 is 0. The van der Waals surface area contributed by atoms with E-state index < -0.39 is 0 Å². The van der Waals surface area contributed by atoms with E-state index in [4.69, 9.17) is 0 Å². The van der Waals surface area contributed by atoms with Gasteiger partial charge in [0.15, 0.2) is 0 Å². The summed E-state index contributed by atoms with van der Waals surface area (Å²) in [7, 11) is 0. The molecule has 0 fully saturated rings. The van der Waals surface area contributed by atoms with Crippen molar-refractivity contribution in [3.8, 4) is 0 Å². The molecule has 2 heteroatoms. The van der Waals surface area contributed by atoms with Crippen molar-refractivity contribution in [3.63, 3.8) is 0 Å². The largest absolute Gasteiger partial charge is 0.384 e. The minimum Gasteiger partial charge on any atom is -0.384 e. The third-order valence-corrected chi connectivity index (χ3v) is 2.83. The van der Waals surface area contributed by atoms with Crippen molar-refractivity contribution in [2.24, 2.45) is 0 Å². The summed E-state index contributed by atoms with van der Waals surface area (Å²) in [4.78, 5) is 0. The molecule has 0 radical (unpaired) electrons. The second-order valence-electron chi connectivity index (χ2n) is 3.06. The average molecular weight is 179 g/mol. The quantitative estimate of drug-likeness (QED) is 0.748. The van der Waals surface area contributed by atoms with Crippen LogP contribution in [0.2, 0.25) is 0 Å². The van der Waals surface area contributed by atoms with Gasteiger partial charge in [-0.05, 0) is 23.8 Å². The van der Waals surface area contributed by atoms with Crippen LogP contribution in [0.1, 0.15) is 11.1 Å². The van der Waals surface area contributed by atoms with Crippen LogP contribution in [-0.4, -0.2) is 12.8 Å². The van der Waals surface area contributed by atoms with Crippen LogP contribution < -0.4 is 5.32 Å². The first-order valence-electron chi connectivity index (χ1n) is 4.25. The summed E-state index contributed by atoms with van der Waals surface area (Å²) in [6.07, 6.45) is 3.34. The summed E-state index contributed by atoms with van der Waals surface area (Å²) >= 11 is 1.88. The Balaban J connectivity index is 2.36. The van der Waals surface area contributed by atoms with E-state index in [1.807, 2.05) is 11.8 Å². The zero-order valence-electron chi connectivity index (χ0n) is 7.26. The van der Waals surface area contributed by atoms with Gasteiger partial charge in [-0.15, -0.1) is 0 Å². The number of anilines is 1. The molecule has 0 amide bonds. The molecule has 0 atom stereocenters. The molecule has 12 heavy (non-hydrogen) atoms. The van der Waals surface area contributed by atoms with Crippen LogP contribution in [0, 0.1) is 0 Å². The molecule has 0 aliphatic carbocycles. The number of nitrogens with one attached hydrogen (secondary N) is 1. The van der Waals surface area contributed by atoms with Crippen LogP contribution in [0.5, 0.6) is 0 Å². The standard InChI is InChI=1S/C10H13NS/c1-12-7-9-4-2-3-8-5-6-11-10(8)9/h2-4,11H,5-7H2,1H3. The van der Waals surface area contributed by atoms with Gasteiger partial charge in [0.05, 0.1) is 0 Å². The molecular weight excluding hydrogens is 166 g/mol. The summed E-state index contributed by atoms with van der Waals surface area (Å²) in [5.41, 5.74) is 4.34. The van der Waals surface area contributed by atoms with Gasteiger partial charge in [0, 0.05) is 18.0 Å². The van der Waals surface area contributed by atoms with Gasteiger partial charge in [-0.1, -0.05) is 18.2 Å². The summed E-state index contributed by atoms with van der Waals surface area (Å²) in [6, 6.07) is 6.60. The fourth-order valence-corrected chi connectivity index (χ4v) is 2.24. The van der Waals surface area contributed by atoms with E-state index in [0.717, 1.165) is 12.3 Å². The second kappa shape index (κ2) is 3.40. The lowest BCUT2D eigenvalue weighted by Gasteiger charge is -2.06. The first kappa shape index (κ1) is 7.99. The highest BCUT2D eigenvalue weighted by Gasteiger charge is 2.12. The summed E-state index contributed by atoms with van der Waals surface area (Å²) in [5.74, 6) is 1.12. The van der Waals surface area contributed by atoms with E-state index in [0.29, 0.717) is 0 Å². The first-order valence-corrected chi connectivity index (χ1v) is 5.65. The minimum atomic E-state index is 1.11. The number of benzene rings is 1. The number of hydrogen-bond acceptors (Lipinski definition) is 2. The van der Waals surface area contributed by atoms with Gasteiger partial charge in [0.2, 0.25) is 0 Å². The average Bonchev–Trinajstić information content (AvgIpc) is 2.53. The van der Waals surface area contributed by atoms with Gasteiger partial charge in [0.25, 0.3) is 0 Å². The molecule has 1 aliphatic heterocycles. The van der Waals surface area contributed by atoms with E-state index in [1.165, 1.54) is 23.2 Å². The lowest BCUT2D eigenvalue weighted by atomic mass is 10.1. The minimum absolute atomic E-state index is 1.11. The number of hydrogen-bond donors (Lipinski definition) is 1. The van der Waals surface area contributed by atoms with Crippen LogP contribution in [0.3, 0.4) is 0 Å². The Kier molecular flexibility index (Phi) is 2.26. The van der Waals surface area contributed by atoms with Crippen molar-refractivity contribution in [2.45, 2.75) is 12.2 Å². The lowest BCUT2D eigenvalue weighted by molar-refractivity contribution is 1.11. The molecule has 64 valence electrons. The maximum atomic E-state index is 3.44. The topological polar surface area (TPSA) is 12.0 Å². The van der Waals surface area contributed by atoms with Gasteiger partial charge in [-0.3, -0.25) is 0 Å². The monoisotopic (exact) mass is 179 g/mol. The van der Waals surface area contributed by atoms with Crippen LogP contribution in [-0.2, 0) is 12.2 Å². The zero-order valence-corrected chi connectivity index (χ0v) is 8.08. The molecule has 1 heterocycles. The first-order chi connectivity index (χ1) is 5.92. The third kappa shape index (κ3) is 1.31. The Morgan fingerprint density at radius 3 is 3.25 bits per heavy atom. The fraction of sp³-hybridized carbons (Fsp3) is 0.400. The number of thioether (sulfide) groups is 1. The van der Waals surface area contributed by atoms with Crippen molar-refractivity contribution in [2.75, 3.05) is 18.1 Å². The molecule has 0 saturated heterocycles. The zero-order chi connectivity index (χ0) is 8.39. The fourth-order valence-electron chi connectivity index (χ4n) is 1.69. The second-order valence-corrected chi connectivity index (χ2v) is 3.93. The molecule has 1 aromatic carbocycles. The van der Waals surface area contributed by atoms with Crippen LogP contribution in [0.4, 0.5) is 5.69 Å². The Morgan fingerprint density at radius 1 is 1.50 bits per heavy atom. The molecule has 1 aromatic rings. The van der Waals surface area contributed by atoms with E-state index in [-0.39, 0.29) is 0 Å². The van der Waals surface area contributed by atoms with Crippen molar-refractivity contribution in [1.82, 2.24) is 0 Å². The molecule has 0 unspecified atom stereocenters. The molecule has 1 N–H and O–H groups in total.